The summed E-state index contributed by atoms with van der Waals surface area (Å²) >= 11 is 0. The quantitative estimate of drug-likeness (QED) is 0.249. The zero-order valence-electron chi connectivity index (χ0n) is 24.7. The number of hydroxylamine groups is 2. The van der Waals surface area contributed by atoms with E-state index in [-0.39, 0.29) is 24.2 Å². The van der Waals surface area contributed by atoms with E-state index < -0.39 is 11.8 Å². The summed E-state index contributed by atoms with van der Waals surface area (Å²) in [4.78, 5) is 28.6. The van der Waals surface area contributed by atoms with Crippen molar-refractivity contribution < 1.29 is 23.5 Å². The van der Waals surface area contributed by atoms with Crippen molar-refractivity contribution >= 4 is 17.0 Å². The summed E-state index contributed by atoms with van der Waals surface area (Å²) in [5, 5.41) is 10.6. The number of aryl methyl sites for hydroxylation is 1. The molecule has 2 saturated heterocycles. The molecule has 0 bridgehead atoms. The summed E-state index contributed by atoms with van der Waals surface area (Å²) < 4.78 is 27.7. The van der Waals surface area contributed by atoms with Gasteiger partial charge in [-0.25, -0.2) is 19.2 Å². The molecule has 0 aliphatic carbocycles. The number of benzene rings is 2. The van der Waals surface area contributed by atoms with Crippen molar-refractivity contribution in [1.29, 1.82) is 5.26 Å². The molecule has 0 spiro atoms. The van der Waals surface area contributed by atoms with Crippen LogP contribution in [0, 0.1) is 35.9 Å². The summed E-state index contributed by atoms with van der Waals surface area (Å²) in [5.41, 5.74) is 4.23. The first-order valence-electron chi connectivity index (χ1n) is 14.7. The molecule has 2 aromatic carbocycles. The standard InChI is InChI=1S/C34H32FN5O4/c1-3-5-25-17-27(18-31-33(25)37-22(2)40(31)20-28-12-15-42-28)34(41)44-39-13-10-24(11-14-39)30-6-4-7-32(38-30)43-21-26-9-8-23(19-36)16-29(26)35/h4,6-9,16-18,24,28H,10-15,20-21H2,1-2H3. The van der Waals surface area contributed by atoms with Gasteiger partial charge in [-0.3, -0.25) is 0 Å². The van der Waals surface area contributed by atoms with Gasteiger partial charge in [0.2, 0.25) is 5.88 Å². The number of pyridine rings is 1. The molecule has 9 nitrogen and oxygen atoms in total. The van der Waals surface area contributed by atoms with Gasteiger partial charge in [-0.05, 0) is 63.4 Å². The summed E-state index contributed by atoms with van der Waals surface area (Å²) in [7, 11) is 0. The number of hydrogen-bond donors (Lipinski definition) is 0. The second-order valence-electron chi connectivity index (χ2n) is 11.0. The smallest absolute Gasteiger partial charge is 0.357 e. The Morgan fingerprint density at radius 3 is 2.66 bits per heavy atom. The minimum Gasteiger partial charge on any atom is -0.473 e. The van der Waals surface area contributed by atoms with Crippen LogP contribution in [0.1, 0.15) is 70.7 Å². The van der Waals surface area contributed by atoms with Crippen molar-refractivity contribution in [2.45, 2.75) is 58.3 Å². The lowest BCUT2D eigenvalue weighted by Gasteiger charge is -2.30. The van der Waals surface area contributed by atoms with Crippen LogP contribution in [0.2, 0.25) is 0 Å². The number of rotatable bonds is 8. The molecule has 0 N–H and O–H groups in total. The molecule has 2 aliphatic rings. The van der Waals surface area contributed by atoms with E-state index in [0.29, 0.717) is 42.2 Å². The van der Waals surface area contributed by atoms with Crippen LogP contribution in [0.25, 0.3) is 11.0 Å². The monoisotopic (exact) mass is 593 g/mol. The van der Waals surface area contributed by atoms with Gasteiger partial charge in [0.1, 0.15) is 23.8 Å². The van der Waals surface area contributed by atoms with Gasteiger partial charge in [-0.2, -0.15) is 5.26 Å². The maximum absolute atomic E-state index is 14.2. The number of imidazole rings is 1. The first-order chi connectivity index (χ1) is 21.4. The molecule has 44 heavy (non-hydrogen) atoms. The van der Waals surface area contributed by atoms with E-state index in [1.807, 2.05) is 31.2 Å². The molecule has 4 aromatic rings. The number of nitrogens with zero attached hydrogens (tertiary/aromatic N) is 5. The largest absolute Gasteiger partial charge is 0.473 e. The van der Waals surface area contributed by atoms with E-state index in [0.717, 1.165) is 48.4 Å². The second kappa shape index (κ2) is 12.8. The third-order valence-electron chi connectivity index (χ3n) is 8.11. The Balaban J connectivity index is 1.09. The maximum atomic E-state index is 14.2. The molecule has 2 aromatic heterocycles. The van der Waals surface area contributed by atoms with Crippen molar-refractivity contribution in [2.24, 2.45) is 0 Å². The summed E-state index contributed by atoms with van der Waals surface area (Å²) in [6.45, 7) is 6.29. The maximum Gasteiger partial charge on any atom is 0.357 e. The Morgan fingerprint density at radius 2 is 1.95 bits per heavy atom. The molecule has 1 unspecified atom stereocenters. The van der Waals surface area contributed by atoms with Gasteiger partial charge >= 0.3 is 5.97 Å². The zero-order chi connectivity index (χ0) is 30.6. The van der Waals surface area contributed by atoms with E-state index in [4.69, 9.17) is 24.6 Å². The third kappa shape index (κ3) is 6.28. The summed E-state index contributed by atoms with van der Waals surface area (Å²) in [5.74, 6) is 6.53. The highest BCUT2D eigenvalue weighted by atomic mass is 19.1. The van der Waals surface area contributed by atoms with Gasteiger partial charge in [-0.1, -0.05) is 18.1 Å². The zero-order valence-corrected chi connectivity index (χ0v) is 24.7. The first-order valence-corrected chi connectivity index (χ1v) is 14.7. The lowest BCUT2D eigenvalue weighted by Crippen LogP contribution is -2.35. The van der Waals surface area contributed by atoms with Crippen LogP contribution in [-0.4, -0.2) is 51.4 Å². The normalized spacial score (nSPS) is 16.9. The van der Waals surface area contributed by atoms with Crippen molar-refractivity contribution in [3.8, 4) is 23.8 Å². The average Bonchev–Trinajstić information content (AvgIpc) is 3.33. The fourth-order valence-corrected chi connectivity index (χ4v) is 5.59. The number of nitriles is 1. The minimum absolute atomic E-state index is 0.00838. The predicted octanol–water partition coefficient (Wildman–Crippen LogP) is 5.44. The summed E-state index contributed by atoms with van der Waals surface area (Å²) in [6, 6.07) is 15.4. The third-order valence-corrected chi connectivity index (χ3v) is 8.11. The van der Waals surface area contributed by atoms with Crippen molar-refractivity contribution in [3.05, 3.63) is 88.1 Å². The molecule has 0 saturated carbocycles. The van der Waals surface area contributed by atoms with Gasteiger partial charge in [0.05, 0.1) is 40.9 Å². The van der Waals surface area contributed by atoms with Crippen LogP contribution in [-0.2, 0) is 22.7 Å². The lowest BCUT2D eigenvalue weighted by molar-refractivity contribution is -0.122. The van der Waals surface area contributed by atoms with Crippen LogP contribution in [0.4, 0.5) is 4.39 Å². The molecule has 4 heterocycles. The summed E-state index contributed by atoms with van der Waals surface area (Å²) in [6.07, 6.45) is 2.64. The predicted molar refractivity (Wildman–Crippen MR) is 160 cm³/mol. The highest BCUT2D eigenvalue weighted by Crippen LogP contribution is 2.29. The second-order valence-corrected chi connectivity index (χ2v) is 11.0. The number of hydrogen-bond acceptors (Lipinski definition) is 8. The van der Waals surface area contributed by atoms with E-state index in [1.165, 1.54) is 6.07 Å². The molecule has 6 rings (SSSR count). The van der Waals surface area contributed by atoms with Gasteiger partial charge in [-0.15, -0.1) is 11.0 Å². The van der Waals surface area contributed by atoms with Crippen LogP contribution in [0.5, 0.6) is 5.88 Å². The molecule has 2 fully saturated rings. The van der Waals surface area contributed by atoms with Gasteiger partial charge in [0, 0.05) is 42.9 Å². The number of ether oxygens (including phenoxy) is 2. The highest BCUT2D eigenvalue weighted by Gasteiger charge is 2.26. The topological polar surface area (TPSA) is 102 Å². The molecule has 0 amide bonds. The van der Waals surface area contributed by atoms with Crippen molar-refractivity contribution in [3.63, 3.8) is 0 Å². The molecule has 2 aliphatic heterocycles. The Hall–Kier alpha value is -4.77. The SMILES string of the molecule is CC#Cc1cc(C(=O)ON2CCC(c3cccc(OCc4ccc(C#N)cc4F)n3)CC2)cc2c1nc(C)n2CC1CCO1. The van der Waals surface area contributed by atoms with Gasteiger partial charge < -0.3 is 18.9 Å². The lowest BCUT2D eigenvalue weighted by atomic mass is 9.94. The van der Waals surface area contributed by atoms with Gasteiger partial charge in [0.25, 0.3) is 0 Å². The molecular formula is C34H32FN5O4. The Morgan fingerprint density at radius 1 is 1.14 bits per heavy atom. The molecular weight excluding hydrogens is 561 g/mol. The fourth-order valence-electron chi connectivity index (χ4n) is 5.59. The number of carbonyl (C=O) groups excluding carboxylic acids is 1. The Labute approximate surface area is 255 Å². The average molecular weight is 594 g/mol. The van der Waals surface area contributed by atoms with Crippen molar-refractivity contribution in [1.82, 2.24) is 19.6 Å². The van der Waals surface area contributed by atoms with Gasteiger partial charge in [0.15, 0.2) is 0 Å². The minimum atomic E-state index is -0.486. The number of carbonyl (C=O) groups is 1. The number of aromatic nitrogens is 3. The van der Waals surface area contributed by atoms with Crippen LogP contribution in [0.3, 0.4) is 0 Å². The van der Waals surface area contributed by atoms with E-state index >= 15 is 0 Å². The highest BCUT2D eigenvalue weighted by molar-refractivity contribution is 5.96. The Bertz CT molecular complexity index is 1810. The number of halogens is 1. The molecule has 10 heteroatoms. The van der Waals surface area contributed by atoms with E-state index in [9.17, 15) is 9.18 Å². The molecule has 224 valence electrons. The van der Waals surface area contributed by atoms with Crippen LogP contribution in [0.15, 0.2) is 48.5 Å². The van der Waals surface area contributed by atoms with Crippen LogP contribution >= 0.6 is 0 Å². The Kier molecular flexibility index (Phi) is 8.56. The molecule has 1 atom stereocenters. The van der Waals surface area contributed by atoms with Crippen LogP contribution < -0.4 is 4.74 Å². The number of piperidine rings is 1. The number of fused-ring (bicyclic) bond motifs is 1. The first kappa shape index (κ1) is 29.3. The fraction of sp³-hybridized carbons (Fsp3) is 0.353. The van der Waals surface area contributed by atoms with E-state index in [1.54, 1.807) is 36.3 Å². The van der Waals surface area contributed by atoms with E-state index in [2.05, 4.69) is 21.4 Å². The molecule has 0 radical (unpaired) electrons. The van der Waals surface area contributed by atoms with Crippen molar-refractivity contribution in [2.75, 3.05) is 19.7 Å².